The van der Waals surface area contributed by atoms with E-state index in [1.54, 1.807) is 24.3 Å². The molecular weight excluding hydrogens is 308 g/mol. The van der Waals surface area contributed by atoms with E-state index in [1.165, 1.54) is 0 Å². The predicted octanol–water partition coefficient (Wildman–Crippen LogP) is 1.66. The molecule has 7 nitrogen and oxygen atoms in total. The van der Waals surface area contributed by atoms with Crippen LogP contribution in [0.1, 0.15) is 0 Å². The molecule has 1 amide bonds. The fraction of sp³-hybridized carbons (Fsp3) is 0.357. The highest BCUT2D eigenvalue weighted by Crippen LogP contribution is 2.21. The van der Waals surface area contributed by atoms with Gasteiger partial charge in [0.05, 0.1) is 19.8 Å². The Bertz CT molecular complexity index is 638. The summed E-state index contributed by atoms with van der Waals surface area (Å²) in [6.07, 6.45) is 0. The topological polar surface area (TPSA) is 80.5 Å². The van der Waals surface area contributed by atoms with Gasteiger partial charge in [-0.15, -0.1) is 5.10 Å². The first-order chi connectivity index (χ1) is 10.7. The highest BCUT2D eigenvalue weighted by atomic mass is 35.5. The maximum absolute atomic E-state index is 11.9. The van der Waals surface area contributed by atoms with E-state index in [2.05, 4.69) is 15.5 Å². The van der Waals surface area contributed by atoms with Gasteiger partial charge in [0.25, 0.3) is 0 Å². The Hall–Kier alpha value is -1.96. The lowest BCUT2D eigenvalue weighted by molar-refractivity contribution is -0.118. The third-order valence-electron chi connectivity index (χ3n) is 3.23. The Kier molecular flexibility index (Phi) is 4.67. The summed E-state index contributed by atoms with van der Waals surface area (Å²) >= 11 is 5.83. The van der Waals surface area contributed by atoms with Crippen molar-refractivity contribution in [2.24, 2.45) is 0 Å². The van der Waals surface area contributed by atoms with Gasteiger partial charge in [0, 0.05) is 23.7 Å². The molecule has 1 aromatic carbocycles. The van der Waals surface area contributed by atoms with Gasteiger partial charge in [0.15, 0.2) is 0 Å². The number of ether oxygens (including phenoxy) is 1. The summed E-state index contributed by atoms with van der Waals surface area (Å²) in [6, 6.07) is 7.10. The van der Waals surface area contributed by atoms with Gasteiger partial charge < -0.3 is 9.15 Å². The zero-order valence-corrected chi connectivity index (χ0v) is 12.5. The third kappa shape index (κ3) is 3.82. The predicted molar refractivity (Wildman–Crippen MR) is 80.6 cm³/mol. The van der Waals surface area contributed by atoms with Crippen LogP contribution in [0.25, 0.3) is 11.5 Å². The largest absolute Gasteiger partial charge is 0.403 e. The van der Waals surface area contributed by atoms with E-state index in [-0.39, 0.29) is 18.5 Å². The molecule has 0 unspecified atom stereocenters. The smallest absolute Gasteiger partial charge is 0.322 e. The Morgan fingerprint density at radius 1 is 1.23 bits per heavy atom. The van der Waals surface area contributed by atoms with Gasteiger partial charge in [0.2, 0.25) is 11.8 Å². The van der Waals surface area contributed by atoms with E-state index < -0.39 is 0 Å². The van der Waals surface area contributed by atoms with Crippen LogP contribution >= 0.6 is 11.6 Å². The van der Waals surface area contributed by atoms with E-state index in [1.807, 2.05) is 4.90 Å². The molecule has 3 rings (SSSR count). The van der Waals surface area contributed by atoms with E-state index in [9.17, 15) is 4.79 Å². The number of hydrogen-bond donors (Lipinski definition) is 1. The molecular formula is C14H15ClN4O3. The molecule has 1 aliphatic rings. The monoisotopic (exact) mass is 322 g/mol. The fourth-order valence-electron chi connectivity index (χ4n) is 2.10. The van der Waals surface area contributed by atoms with Crippen molar-refractivity contribution in [2.75, 3.05) is 38.2 Å². The van der Waals surface area contributed by atoms with Crippen LogP contribution in [0.5, 0.6) is 0 Å². The summed E-state index contributed by atoms with van der Waals surface area (Å²) in [5.41, 5.74) is 0.741. The molecule has 0 bridgehead atoms. The molecule has 1 aromatic heterocycles. The van der Waals surface area contributed by atoms with Crippen molar-refractivity contribution in [3.63, 3.8) is 0 Å². The summed E-state index contributed by atoms with van der Waals surface area (Å²) in [7, 11) is 0. The number of nitrogens with zero attached hydrogens (tertiary/aromatic N) is 3. The van der Waals surface area contributed by atoms with Crippen molar-refractivity contribution >= 4 is 23.5 Å². The lowest BCUT2D eigenvalue weighted by Crippen LogP contribution is -2.41. The average molecular weight is 323 g/mol. The minimum absolute atomic E-state index is 0.0863. The third-order valence-corrected chi connectivity index (χ3v) is 3.49. The number of aromatic nitrogens is 2. The molecule has 8 heteroatoms. The molecule has 2 heterocycles. The first-order valence-electron chi connectivity index (χ1n) is 6.90. The number of nitrogens with one attached hydrogen (secondary N) is 1. The molecule has 22 heavy (non-hydrogen) atoms. The molecule has 1 saturated heterocycles. The summed E-state index contributed by atoms with van der Waals surface area (Å²) < 4.78 is 10.7. The maximum Gasteiger partial charge on any atom is 0.322 e. The van der Waals surface area contributed by atoms with Gasteiger partial charge in [-0.2, -0.15) is 0 Å². The standard InChI is InChI=1S/C14H15ClN4O3/c15-11-3-1-10(2-4-11)13-17-18-14(22-13)16-12(20)9-19-5-7-21-8-6-19/h1-4H,5-9H2,(H,16,18,20). The Morgan fingerprint density at radius 3 is 2.68 bits per heavy atom. The minimum atomic E-state index is -0.187. The molecule has 0 aliphatic carbocycles. The second-order valence-corrected chi connectivity index (χ2v) is 5.29. The molecule has 0 saturated carbocycles. The summed E-state index contributed by atoms with van der Waals surface area (Å²) in [5, 5.41) is 11.0. The molecule has 1 N–H and O–H groups in total. The molecule has 1 aliphatic heterocycles. The summed E-state index contributed by atoms with van der Waals surface area (Å²) in [6.45, 7) is 3.06. The van der Waals surface area contributed by atoms with Gasteiger partial charge in [-0.3, -0.25) is 15.0 Å². The van der Waals surface area contributed by atoms with Crippen LogP contribution in [-0.4, -0.2) is 53.9 Å². The Labute approximate surface area is 132 Å². The van der Waals surface area contributed by atoms with E-state index in [4.69, 9.17) is 20.8 Å². The van der Waals surface area contributed by atoms with Gasteiger partial charge in [-0.25, -0.2) is 0 Å². The number of rotatable bonds is 4. The first kappa shape index (κ1) is 15.0. The number of carbonyl (C=O) groups is 1. The van der Waals surface area contributed by atoms with E-state index in [0.29, 0.717) is 24.1 Å². The number of amides is 1. The van der Waals surface area contributed by atoms with Crippen molar-refractivity contribution in [2.45, 2.75) is 0 Å². The van der Waals surface area contributed by atoms with Crippen LogP contribution in [0, 0.1) is 0 Å². The first-order valence-corrected chi connectivity index (χ1v) is 7.28. The number of carbonyl (C=O) groups excluding carboxylic acids is 1. The highest BCUT2D eigenvalue weighted by molar-refractivity contribution is 6.30. The average Bonchev–Trinajstić information content (AvgIpc) is 2.97. The number of anilines is 1. The highest BCUT2D eigenvalue weighted by Gasteiger charge is 2.16. The van der Waals surface area contributed by atoms with Gasteiger partial charge in [0.1, 0.15) is 0 Å². The molecule has 0 atom stereocenters. The second-order valence-electron chi connectivity index (χ2n) is 4.86. The maximum atomic E-state index is 11.9. The SMILES string of the molecule is O=C(CN1CCOCC1)Nc1nnc(-c2ccc(Cl)cc2)o1. The summed E-state index contributed by atoms with van der Waals surface area (Å²) in [5.74, 6) is 0.145. The molecule has 0 spiro atoms. The van der Waals surface area contributed by atoms with Crippen molar-refractivity contribution in [3.8, 4) is 11.5 Å². The van der Waals surface area contributed by atoms with Crippen molar-refractivity contribution in [1.29, 1.82) is 0 Å². The minimum Gasteiger partial charge on any atom is -0.403 e. The van der Waals surface area contributed by atoms with Crippen LogP contribution in [0.3, 0.4) is 0 Å². The van der Waals surface area contributed by atoms with E-state index >= 15 is 0 Å². The number of morpholine rings is 1. The van der Waals surface area contributed by atoms with Gasteiger partial charge in [-0.1, -0.05) is 16.7 Å². The van der Waals surface area contributed by atoms with Crippen molar-refractivity contribution in [1.82, 2.24) is 15.1 Å². The lowest BCUT2D eigenvalue weighted by Gasteiger charge is -2.25. The van der Waals surface area contributed by atoms with Crippen molar-refractivity contribution < 1.29 is 13.9 Å². The summed E-state index contributed by atoms with van der Waals surface area (Å²) in [4.78, 5) is 13.9. The molecule has 1 fully saturated rings. The van der Waals surface area contributed by atoms with Gasteiger partial charge >= 0.3 is 6.01 Å². The van der Waals surface area contributed by atoms with Crippen molar-refractivity contribution in [3.05, 3.63) is 29.3 Å². The van der Waals surface area contributed by atoms with Crippen LogP contribution in [0.2, 0.25) is 5.02 Å². The number of benzene rings is 1. The molecule has 0 radical (unpaired) electrons. The van der Waals surface area contributed by atoms with Gasteiger partial charge in [-0.05, 0) is 24.3 Å². The van der Waals surface area contributed by atoms with Crippen LogP contribution in [0.15, 0.2) is 28.7 Å². The lowest BCUT2D eigenvalue weighted by atomic mass is 10.2. The number of halogens is 1. The Balaban J connectivity index is 1.59. The number of hydrogen-bond acceptors (Lipinski definition) is 6. The molecule has 116 valence electrons. The fourth-order valence-corrected chi connectivity index (χ4v) is 2.23. The zero-order chi connectivity index (χ0) is 15.4. The van der Waals surface area contributed by atoms with Crippen LogP contribution in [-0.2, 0) is 9.53 Å². The van der Waals surface area contributed by atoms with Crippen LogP contribution < -0.4 is 5.32 Å². The Morgan fingerprint density at radius 2 is 1.95 bits per heavy atom. The quantitative estimate of drug-likeness (QED) is 0.922. The van der Waals surface area contributed by atoms with Crippen LogP contribution in [0.4, 0.5) is 6.01 Å². The van der Waals surface area contributed by atoms with E-state index in [0.717, 1.165) is 18.7 Å². The molecule has 2 aromatic rings. The normalized spacial score (nSPS) is 15.7. The second kappa shape index (κ2) is 6.87. The zero-order valence-electron chi connectivity index (χ0n) is 11.8.